The zero-order valence-corrected chi connectivity index (χ0v) is 14.6. The average Bonchev–Trinajstić information content (AvgIpc) is 2.53. The Bertz CT molecular complexity index is 696. The quantitative estimate of drug-likeness (QED) is 0.796. The van der Waals surface area contributed by atoms with E-state index >= 15 is 0 Å². The first-order chi connectivity index (χ1) is 11.4. The molecular formula is C17H23FN2O3S. The molecule has 0 aromatic heterocycles. The average molecular weight is 354 g/mol. The minimum absolute atomic E-state index is 0.113. The van der Waals surface area contributed by atoms with E-state index < -0.39 is 10.0 Å². The number of carbonyl (C=O) groups is 1. The first kappa shape index (κ1) is 18.6. The number of hydrogen-bond acceptors (Lipinski definition) is 3. The monoisotopic (exact) mass is 354 g/mol. The minimum atomic E-state index is -3.22. The number of nitrogens with one attached hydrogen (secondary N) is 1. The molecule has 5 nitrogen and oxygen atoms in total. The van der Waals surface area contributed by atoms with Crippen molar-refractivity contribution in [3.05, 3.63) is 41.7 Å². The lowest BCUT2D eigenvalue weighted by Gasteiger charge is -2.31. The van der Waals surface area contributed by atoms with Gasteiger partial charge in [-0.25, -0.2) is 17.5 Å². The molecule has 0 radical (unpaired) electrons. The van der Waals surface area contributed by atoms with Crippen molar-refractivity contribution in [2.45, 2.75) is 32.2 Å². The summed E-state index contributed by atoms with van der Waals surface area (Å²) in [6.45, 7) is 2.84. The Morgan fingerprint density at radius 2 is 2.08 bits per heavy atom. The fourth-order valence-corrected chi connectivity index (χ4v) is 4.08. The summed E-state index contributed by atoms with van der Waals surface area (Å²) in [5.41, 5.74) is 0.630. The van der Waals surface area contributed by atoms with E-state index in [9.17, 15) is 17.6 Å². The third-order valence-corrected chi connectivity index (χ3v) is 5.53. The van der Waals surface area contributed by atoms with Gasteiger partial charge in [-0.2, -0.15) is 0 Å². The third-order valence-electron chi connectivity index (χ3n) is 3.89. The van der Waals surface area contributed by atoms with Crippen LogP contribution in [0.3, 0.4) is 0 Å². The lowest BCUT2D eigenvalue weighted by atomic mass is 10.1. The molecule has 1 aliphatic rings. The van der Waals surface area contributed by atoms with Gasteiger partial charge in [0.25, 0.3) is 0 Å². The van der Waals surface area contributed by atoms with Crippen LogP contribution in [0.1, 0.15) is 31.7 Å². The first-order valence-electron chi connectivity index (χ1n) is 8.12. The number of piperidine rings is 1. The number of hydrogen-bond donors (Lipinski definition) is 1. The van der Waals surface area contributed by atoms with E-state index in [1.54, 1.807) is 23.1 Å². The molecule has 1 aliphatic heterocycles. The summed E-state index contributed by atoms with van der Waals surface area (Å²) < 4.78 is 39.3. The van der Waals surface area contributed by atoms with Crippen LogP contribution in [0, 0.1) is 5.82 Å². The molecule has 0 spiro atoms. The Kier molecular flexibility index (Phi) is 6.51. The highest BCUT2D eigenvalue weighted by molar-refractivity contribution is 7.89. The molecule has 132 valence electrons. The van der Waals surface area contributed by atoms with Gasteiger partial charge in [0, 0.05) is 25.2 Å². The Balaban J connectivity index is 1.84. The highest BCUT2D eigenvalue weighted by Crippen LogP contribution is 2.13. The van der Waals surface area contributed by atoms with Crippen LogP contribution in [0.2, 0.25) is 0 Å². The van der Waals surface area contributed by atoms with Crippen molar-refractivity contribution in [3.63, 3.8) is 0 Å². The molecule has 1 N–H and O–H groups in total. The second kappa shape index (κ2) is 8.39. The maximum atomic E-state index is 13.1. The lowest BCUT2D eigenvalue weighted by molar-refractivity contribution is -0.126. The number of rotatable bonds is 6. The van der Waals surface area contributed by atoms with Crippen molar-refractivity contribution in [1.29, 1.82) is 0 Å². The van der Waals surface area contributed by atoms with Gasteiger partial charge in [-0.3, -0.25) is 4.79 Å². The highest BCUT2D eigenvalue weighted by Gasteiger charge is 2.24. The molecule has 7 heteroatoms. The number of carbonyl (C=O) groups excluding carboxylic acids is 1. The normalized spacial score (nSPS) is 16.7. The van der Waals surface area contributed by atoms with Crippen LogP contribution in [-0.2, 0) is 14.8 Å². The second-order valence-corrected chi connectivity index (χ2v) is 7.80. The topological polar surface area (TPSA) is 66.5 Å². The fourth-order valence-electron chi connectivity index (χ4n) is 2.68. The number of sulfonamides is 1. The summed E-state index contributed by atoms with van der Waals surface area (Å²) in [5, 5.41) is 0. The molecule has 0 bridgehead atoms. The van der Waals surface area contributed by atoms with Crippen LogP contribution < -0.4 is 4.72 Å². The van der Waals surface area contributed by atoms with Crippen molar-refractivity contribution in [3.8, 4) is 0 Å². The number of amides is 1. The Morgan fingerprint density at radius 3 is 2.71 bits per heavy atom. The summed E-state index contributed by atoms with van der Waals surface area (Å²) in [7, 11) is -3.22. The molecule has 0 atom stereocenters. The van der Waals surface area contributed by atoms with E-state index in [1.165, 1.54) is 18.2 Å². The molecule has 2 rings (SSSR count). The Morgan fingerprint density at radius 1 is 1.38 bits per heavy atom. The molecule has 1 fully saturated rings. The lowest BCUT2D eigenvalue weighted by Crippen LogP contribution is -2.46. The fraction of sp³-hybridized carbons (Fsp3) is 0.471. The minimum Gasteiger partial charge on any atom is -0.339 e. The highest BCUT2D eigenvalue weighted by atomic mass is 32.2. The molecule has 0 saturated carbocycles. The molecule has 1 heterocycles. The predicted molar refractivity (Wildman–Crippen MR) is 92.2 cm³/mol. The van der Waals surface area contributed by atoms with E-state index in [2.05, 4.69) is 4.72 Å². The Hall–Kier alpha value is -1.73. The van der Waals surface area contributed by atoms with Crippen LogP contribution in [0.25, 0.3) is 6.08 Å². The van der Waals surface area contributed by atoms with Crippen molar-refractivity contribution in [1.82, 2.24) is 9.62 Å². The van der Waals surface area contributed by atoms with Crippen LogP contribution in [-0.4, -0.2) is 44.1 Å². The van der Waals surface area contributed by atoms with Gasteiger partial charge in [-0.1, -0.05) is 19.1 Å². The summed E-state index contributed by atoms with van der Waals surface area (Å²) in [6.07, 6.45) is 4.79. The molecule has 0 aliphatic carbocycles. The third kappa shape index (κ3) is 5.72. The SMILES string of the molecule is CCCS(=O)(=O)NC1CCN(C(=O)/C=C/c2cccc(F)c2)CC1. The number of likely N-dealkylation sites (tertiary alicyclic amines) is 1. The van der Waals surface area contributed by atoms with Crippen molar-refractivity contribution in [2.24, 2.45) is 0 Å². The molecule has 0 unspecified atom stereocenters. The van der Waals surface area contributed by atoms with Gasteiger partial charge in [0.15, 0.2) is 0 Å². The molecule has 1 aromatic rings. The van der Waals surface area contributed by atoms with Crippen LogP contribution in [0.4, 0.5) is 4.39 Å². The molecule has 24 heavy (non-hydrogen) atoms. The number of benzene rings is 1. The zero-order valence-electron chi connectivity index (χ0n) is 13.7. The largest absolute Gasteiger partial charge is 0.339 e. The van der Waals surface area contributed by atoms with E-state index in [1.807, 2.05) is 6.92 Å². The molecule has 1 amide bonds. The van der Waals surface area contributed by atoms with Crippen LogP contribution >= 0.6 is 0 Å². The summed E-state index contributed by atoms with van der Waals surface area (Å²) >= 11 is 0. The maximum absolute atomic E-state index is 13.1. The molecular weight excluding hydrogens is 331 g/mol. The molecule has 1 saturated heterocycles. The van der Waals surface area contributed by atoms with Gasteiger partial charge < -0.3 is 4.90 Å². The summed E-state index contributed by atoms with van der Waals surface area (Å²) in [4.78, 5) is 13.8. The standard InChI is InChI=1S/C17H23FN2O3S/c1-2-12-24(22,23)19-16-8-10-20(11-9-16)17(21)7-6-14-4-3-5-15(18)13-14/h3-7,13,16,19H,2,8-12H2,1H3/b7-6+. The number of nitrogens with zero attached hydrogens (tertiary/aromatic N) is 1. The van der Waals surface area contributed by atoms with Gasteiger partial charge in [0.2, 0.25) is 15.9 Å². The van der Waals surface area contributed by atoms with Gasteiger partial charge in [-0.05, 0) is 43.0 Å². The van der Waals surface area contributed by atoms with Crippen LogP contribution in [0.5, 0.6) is 0 Å². The molecule has 1 aromatic carbocycles. The van der Waals surface area contributed by atoms with E-state index in [4.69, 9.17) is 0 Å². The van der Waals surface area contributed by atoms with Crippen molar-refractivity contribution in [2.75, 3.05) is 18.8 Å². The van der Waals surface area contributed by atoms with E-state index in [0.717, 1.165) is 0 Å². The number of halogens is 1. The second-order valence-electron chi connectivity index (χ2n) is 5.92. The first-order valence-corrected chi connectivity index (χ1v) is 9.77. The van der Waals surface area contributed by atoms with E-state index in [-0.39, 0.29) is 23.5 Å². The van der Waals surface area contributed by atoms with Crippen molar-refractivity contribution < 1.29 is 17.6 Å². The summed E-state index contributed by atoms with van der Waals surface area (Å²) in [5.74, 6) is -0.360. The predicted octanol–water partition coefficient (Wildman–Crippen LogP) is 2.16. The van der Waals surface area contributed by atoms with Crippen LogP contribution in [0.15, 0.2) is 30.3 Å². The Labute approximate surface area is 142 Å². The van der Waals surface area contributed by atoms with Gasteiger partial charge in [-0.15, -0.1) is 0 Å². The van der Waals surface area contributed by atoms with Gasteiger partial charge >= 0.3 is 0 Å². The zero-order chi connectivity index (χ0) is 17.6. The van der Waals surface area contributed by atoms with E-state index in [0.29, 0.717) is 37.9 Å². The smallest absolute Gasteiger partial charge is 0.246 e. The summed E-state index contributed by atoms with van der Waals surface area (Å²) in [6, 6.07) is 5.91. The van der Waals surface area contributed by atoms with Gasteiger partial charge in [0.1, 0.15) is 5.82 Å². The van der Waals surface area contributed by atoms with Crippen molar-refractivity contribution >= 4 is 22.0 Å². The van der Waals surface area contributed by atoms with Gasteiger partial charge in [0.05, 0.1) is 5.75 Å². The maximum Gasteiger partial charge on any atom is 0.246 e.